The molecule has 0 bridgehead atoms. The molecule has 2 rings (SSSR count). The van der Waals surface area contributed by atoms with Crippen molar-refractivity contribution in [2.75, 3.05) is 0 Å². The number of hydrogen-bond donors (Lipinski definition) is 2. The fourth-order valence-corrected chi connectivity index (χ4v) is 2.41. The first-order valence-electron chi connectivity index (χ1n) is 5.90. The maximum atomic E-state index is 12.0. The van der Waals surface area contributed by atoms with Gasteiger partial charge < -0.3 is 14.9 Å². The Morgan fingerprint density at radius 1 is 1.61 bits per heavy atom. The smallest absolute Gasteiger partial charge is 0.311 e. The van der Waals surface area contributed by atoms with Gasteiger partial charge in [0.15, 0.2) is 0 Å². The van der Waals surface area contributed by atoms with Crippen LogP contribution in [0.3, 0.4) is 0 Å². The summed E-state index contributed by atoms with van der Waals surface area (Å²) in [5, 5.41) is 15.6. The molecule has 2 unspecified atom stereocenters. The minimum atomic E-state index is -0.888. The van der Waals surface area contributed by atoms with Crippen LogP contribution in [0.25, 0.3) is 0 Å². The normalized spacial score (nSPS) is 27.1. The zero-order valence-corrected chi connectivity index (χ0v) is 10.4. The number of nitrogens with zero attached hydrogens (tertiary/aromatic N) is 1. The molecule has 0 aromatic carbocycles. The van der Waals surface area contributed by atoms with Crippen LogP contribution in [0.1, 0.15) is 42.3 Å². The maximum absolute atomic E-state index is 12.0. The molecule has 98 valence electrons. The van der Waals surface area contributed by atoms with Gasteiger partial charge in [0.2, 0.25) is 0 Å². The number of hydrogen-bond acceptors (Lipinski definition) is 4. The first-order chi connectivity index (χ1) is 8.45. The third-order valence-electron chi connectivity index (χ3n) is 3.75. The summed E-state index contributed by atoms with van der Waals surface area (Å²) >= 11 is 0. The number of nitrogens with one attached hydrogen (secondary N) is 1. The lowest BCUT2D eigenvalue weighted by Gasteiger charge is -2.27. The second-order valence-corrected chi connectivity index (χ2v) is 4.94. The van der Waals surface area contributed by atoms with Crippen LogP contribution in [-0.2, 0) is 4.79 Å². The summed E-state index contributed by atoms with van der Waals surface area (Å²) in [7, 11) is 0. The van der Waals surface area contributed by atoms with Crippen molar-refractivity contribution in [1.82, 2.24) is 10.5 Å². The number of aryl methyl sites for hydroxylation is 1. The Kier molecular flexibility index (Phi) is 3.11. The summed E-state index contributed by atoms with van der Waals surface area (Å²) < 4.78 is 4.82. The molecule has 1 heterocycles. The Labute approximate surface area is 104 Å². The molecular weight excluding hydrogens is 236 g/mol. The minimum absolute atomic E-state index is 0.326. The van der Waals surface area contributed by atoms with E-state index in [1.54, 1.807) is 13.8 Å². The second-order valence-electron chi connectivity index (χ2n) is 4.94. The van der Waals surface area contributed by atoms with Crippen LogP contribution in [0, 0.1) is 12.3 Å². The molecule has 2 N–H and O–H groups in total. The lowest BCUT2D eigenvalue weighted by molar-refractivity contribution is -0.148. The van der Waals surface area contributed by atoms with Crippen LogP contribution in [-0.4, -0.2) is 28.2 Å². The third-order valence-corrected chi connectivity index (χ3v) is 3.75. The fraction of sp³-hybridized carbons (Fsp3) is 0.583. The number of aromatic nitrogens is 1. The van der Waals surface area contributed by atoms with Crippen molar-refractivity contribution in [2.24, 2.45) is 5.41 Å². The molecule has 1 amide bonds. The van der Waals surface area contributed by atoms with Crippen LogP contribution < -0.4 is 5.32 Å². The molecule has 1 aromatic heterocycles. The second kappa shape index (κ2) is 4.44. The molecule has 0 spiro atoms. The molecule has 6 heteroatoms. The van der Waals surface area contributed by atoms with E-state index >= 15 is 0 Å². The average molecular weight is 252 g/mol. The molecule has 1 saturated carbocycles. The van der Waals surface area contributed by atoms with Crippen LogP contribution in [0.4, 0.5) is 0 Å². The van der Waals surface area contributed by atoms with E-state index in [1.165, 1.54) is 6.20 Å². The van der Waals surface area contributed by atoms with Crippen molar-refractivity contribution in [3.8, 4) is 0 Å². The van der Waals surface area contributed by atoms with Crippen molar-refractivity contribution in [2.45, 2.75) is 39.2 Å². The van der Waals surface area contributed by atoms with Gasteiger partial charge in [-0.3, -0.25) is 9.59 Å². The summed E-state index contributed by atoms with van der Waals surface area (Å²) in [6.45, 7) is 3.32. The molecule has 2 atom stereocenters. The molecule has 1 aliphatic carbocycles. The molecule has 0 radical (unpaired) electrons. The fourth-order valence-electron chi connectivity index (χ4n) is 2.41. The zero-order chi connectivity index (χ0) is 13.3. The van der Waals surface area contributed by atoms with E-state index in [2.05, 4.69) is 10.5 Å². The van der Waals surface area contributed by atoms with Gasteiger partial charge in [-0.25, -0.2) is 0 Å². The van der Waals surface area contributed by atoms with Crippen molar-refractivity contribution >= 4 is 11.9 Å². The van der Waals surface area contributed by atoms with Gasteiger partial charge >= 0.3 is 5.97 Å². The predicted octanol–water partition coefficient (Wildman–Crippen LogP) is 1.36. The van der Waals surface area contributed by atoms with E-state index in [1.807, 2.05) is 0 Å². The van der Waals surface area contributed by atoms with E-state index in [9.17, 15) is 14.7 Å². The zero-order valence-electron chi connectivity index (χ0n) is 10.4. The Morgan fingerprint density at radius 3 is 2.89 bits per heavy atom. The topological polar surface area (TPSA) is 92.4 Å². The summed E-state index contributed by atoms with van der Waals surface area (Å²) in [6, 6.07) is -0.350. The van der Waals surface area contributed by atoms with Crippen LogP contribution in [0.5, 0.6) is 0 Å². The number of carbonyl (C=O) groups excluding carboxylic acids is 1. The third kappa shape index (κ3) is 1.98. The monoisotopic (exact) mass is 252 g/mol. The van der Waals surface area contributed by atoms with Gasteiger partial charge in [-0.05, 0) is 26.7 Å². The predicted molar refractivity (Wildman–Crippen MR) is 62.1 cm³/mol. The first-order valence-corrected chi connectivity index (χ1v) is 5.90. The van der Waals surface area contributed by atoms with E-state index in [4.69, 9.17) is 4.52 Å². The molecule has 1 fully saturated rings. The highest BCUT2D eigenvalue weighted by Gasteiger charge is 2.46. The van der Waals surface area contributed by atoms with Crippen LogP contribution in [0.2, 0.25) is 0 Å². The molecule has 0 aliphatic heterocycles. The maximum Gasteiger partial charge on any atom is 0.311 e. The van der Waals surface area contributed by atoms with Crippen molar-refractivity contribution in [3.05, 3.63) is 17.5 Å². The highest BCUT2D eigenvalue weighted by molar-refractivity contribution is 5.95. The number of carboxylic acids is 1. The average Bonchev–Trinajstić information content (AvgIpc) is 2.87. The van der Waals surface area contributed by atoms with Crippen molar-refractivity contribution in [1.29, 1.82) is 0 Å². The molecule has 1 aliphatic rings. The number of amides is 1. The molecule has 1 aromatic rings. The summed E-state index contributed by atoms with van der Waals surface area (Å²) in [6.07, 6.45) is 3.41. The highest BCUT2D eigenvalue weighted by Crippen LogP contribution is 2.38. The summed E-state index contributed by atoms with van der Waals surface area (Å²) in [5.74, 6) is -0.761. The number of rotatable bonds is 3. The van der Waals surface area contributed by atoms with E-state index in [0.29, 0.717) is 24.2 Å². The molecule has 0 saturated heterocycles. The molecule has 18 heavy (non-hydrogen) atoms. The van der Waals surface area contributed by atoms with Gasteiger partial charge in [-0.1, -0.05) is 11.6 Å². The van der Waals surface area contributed by atoms with Gasteiger partial charge in [-0.15, -0.1) is 0 Å². The Hall–Kier alpha value is -1.85. The Bertz CT molecular complexity index is 482. The lowest BCUT2D eigenvalue weighted by Crippen LogP contribution is -2.47. The highest BCUT2D eigenvalue weighted by atomic mass is 16.5. The minimum Gasteiger partial charge on any atom is -0.481 e. The van der Waals surface area contributed by atoms with Gasteiger partial charge in [-0.2, -0.15) is 0 Å². The van der Waals surface area contributed by atoms with Gasteiger partial charge in [0.05, 0.1) is 11.6 Å². The van der Waals surface area contributed by atoms with Crippen molar-refractivity contribution in [3.63, 3.8) is 0 Å². The first kappa shape index (κ1) is 12.6. The largest absolute Gasteiger partial charge is 0.481 e. The van der Waals surface area contributed by atoms with Gasteiger partial charge in [0.1, 0.15) is 11.3 Å². The van der Waals surface area contributed by atoms with Crippen LogP contribution >= 0.6 is 0 Å². The molecule has 6 nitrogen and oxygen atoms in total. The Morgan fingerprint density at radius 2 is 2.33 bits per heavy atom. The van der Waals surface area contributed by atoms with Crippen LogP contribution in [0.15, 0.2) is 10.7 Å². The lowest BCUT2D eigenvalue weighted by atomic mass is 9.85. The van der Waals surface area contributed by atoms with E-state index < -0.39 is 11.4 Å². The van der Waals surface area contributed by atoms with E-state index in [-0.39, 0.29) is 11.9 Å². The SMILES string of the molecule is Cc1oncc1C(=O)NC1CCCC1(C)C(=O)O. The number of carbonyl (C=O) groups is 2. The molecular formula is C12H16N2O4. The summed E-state index contributed by atoms with van der Waals surface area (Å²) in [5.41, 5.74) is -0.532. The number of aliphatic carboxylic acids is 1. The standard InChI is InChI=1S/C12H16N2O4/c1-7-8(6-13-18-7)10(15)14-9-4-3-5-12(9,2)11(16)17/h6,9H,3-5H2,1-2H3,(H,14,15)(H,16,17). The quantitative estimate of drug-likeness (QED) is 0.847. The van der Waals surface area contributed by atoms with Crippen molar-refractivity contribution < 1.29 is 19.2 Å². The van der Waals surface area contributed by atoms with Gasteiger partial charge in [0.25, 0.3) is 5.91 Å². The number of carboxylic acid groups (broad SMARTS) is 1. The van der Waals surface area contributed by atoms with E-state index in [0.717, 1.165) is 6.42 Å². The Balaban J connectivity index is 2.13. The van der Waals surface area contributed by atoms with Gasteiger partial charge in [0, 0.05) is 6.04 Å². The summed E-state index contributed by atoms with van der Waals surface area (Å²) in [4.78, 5) is 23.3.